The van der Waals surface area contributed by atoms with Gasteiger partial charge in [-0.15, -0.1) is 0 Å². The third-order valence-electron chi connectivity index (χ3n) is 4.79. The van der Waals surface area contributed by atoms with Gasteiger partial charge in [-0.25, -0.2) is 0 Å². The Morgan fingerprint density at radius 1 is 0.773 bits per heavy atom. The van der Waals surface area contributed by atoms with Crippen LogP contribution in [0.1, 0.15) is 35.8 Å². The molecule has 0 unspecified atom stereocenters. The predicted octanol–water partition coefficient (Wildman–Crippen LogP) is 1.05. The lowest BCUT2D eigenvalue weighted by Gasteiger charge is -2.32. The summed E-state index contributed by atoms with van der Waals surface area (Å²) in [6.45, 7) is 0. The monoisotopic (exact) mass is 300 g/mol. The van der Waals surface area contributed by atoms with Crippen LogP contribution in [-0.4, -0.2) is 23.9 Å². The summed E-state index contributed by atoms with van der Waals surface area (Å²) < 4.78 is 9.40. The zero-order chi connectivity index (χ0) is 15.4. The summed E-state index contributed by atoms with van der Waals surface area (Å²) in [5.74, 6) is -4.28. The molecule has 4 rings (SSSR count). The first-order valence-electron chi connectivity index (χ1n) is 7.15. The van der Waals surface area contributed by atoms with Gasteiger partial charge < -0.3 is 9.47 Å². The van der Waals surface area contributed by atoms with Crippen LogP contribution >= 0.6 is 0 Å². The van der Waals surface area contributed by atoms with Crippen molar-refractivity contribution in [2.45, 2.75) is 24.7 Å². The van der Waals surface area contributed by atoms with E-state index in [1.807, 2.05) is 12.1 Å². The molecule has 6 heteroatoms. The standard InChI is InChI=1S/C16H12O6/c17-12-6-10(14(18)21-12)9-5-11-13(16(20)22-15(11)19)8-4-2-1-3-7(8)9/h1-4,9-11,13H,5-6H2/t9-,10-,11+,13-/m1/s1. The molecule has 0 aromatic heterocycles. The van der Waals surface area contributed by atoms with E-state index in [1.165, 1.54) is 0 Å². The van der Waals surface area contributed by atoms with E-state index >= 15 is 0 Å². The van der Waals surface area contributed by atoms with Gasteiger partial charge in [0.25, 0.3) is 0 Å². The molecule has 2 fully saturated rings. The van der Waals surface area contributed by atoms with Crippen molar-refractivity contribution in [3.8, 4) is 0 Å². The molecule has 112 valence electrons. The maximum absolute atomic E-state index is 11.9. The van der Waals surface area contributed by atoms with E-state index in [1.54, 1.807) is 12.1 Å². The summed E-state index contributed by atoms with van der Waals surface area (Å²) in [4.78, 5) is 47.1. The third kappa shape index (κ3) is 1.73. The number of hydrogen-bond donors (Lipinski definition) is 0. The van der Waals surface area contributed by atoms with E-state index in [4.69, 9.17) is 4.74 Å². The molecule has 0 saturated carbocycles. The summed E-state index contributed by atoms with van der Waals surface area (Å²) in [6.07, 6.45) is 0.331. The Balaban J connectivity index is 1.81. The van der Waals surface area contributed by atoms with Gasteiger partial charge in [-0.1, -0.05) is 24.3 Å². The number of rotatable bonds is 1. The fourth-order valence-corrected chi connectivity index (χ4v) is 3.83. The van der Waals surface area contributed by atoms with Gasteiger partial charge in [0.2, 0.25) is 0 Å². The van der Waals surface area contributed by atoms with Crippen molar-refractivity contribution in [2.24, 2.45) is 11.8 Å². The molecule has 1 aliphatic carbocycles. The molecule has 0 N–H and O–H groups in total. The highest BCUT2D eigenvalue weighted by molar-refractivity contribution is 6.01. The number of hydrogen-bond acceptors (Lipinski definition) is 6. The van der Waals surface area contributed by atoms with Crippen LogP contribution in [0, 0.1) is 11.8 Å². The molecule has 3 aliphatic rings. The lowest BCUT2D eigenvalue weighted by atomic mass is 9.67. The second-order valence-corrected chi connectivity index (χ2v) is 5.90. The maximum atomic E-state index is 11.9. The van der Waals surface area contributed by atoms with Gasteiger partial charge in [-0.3, -0.25) is 19.2 Å². The maximum Gasteiger partial charge on any atom is 0.321 e. The van der Waals surface area contributed by atoms with Crippen molar-refractivity contribution in [1.82, 2.24) is 0 Å². The van der Waals surface area contributed by atoms with E-state index in [-0.39, 0.29) is 12.3 Å². The lowest BCUT2D eigenvalue weighted by molar-refractivity contribution is -0.155. The van der Waals surface area contributed by atoms with Gasteiger partial charge in [0.15, 0.2) is 0 Å². The molecule has 2 heterocycles. The number of carbonyl (C=O) groups is 4. The van der Waals surface area contributed by atoms with Crippen LogP contribution in [0.5, 0.6) is 0 Å². The van der Waals surface area contributed by atoms with Crippen LogP contribution in [0.15, 0.2) is 24.3 Å². The average molecular weight is 300 g/mol. The highest BCUT2D eigenvalue weighted by atomic mass is 16.6. The topological polar surface area (TPSA) is 86.7 Å². The fraction of sp³-hybridized carbons (Fsp3) is 0.375. The van der Waals surface area contributed by atoms with Crippen LogP contribution < -0.4 is 0 Å². The predicted molar refractivity (Wildman–Crippen MR) is 70.3 cm³/mol. The normalized spacial score (nSPS) is 33.3. The SMILES string of the molecule is O=C1C[C@H]([C@@H]2C[C@@H]3C(=O)OC(=O)[C@@H]3c3ccccc32)C(=O)O1. The molecule has 0 radical (unpaired) electrons. The Hall–Kier alpha value is -2.50. The van der Waals surface area contributed by atoms with Crippen LogP contribution in [0.2, 0.25) is 0 Å². The van der Waals surface area contributed by atoms with Crippen molar-refractivity contribution in [2.75, 3.05) is 0 Å². The molecule has 0 amide bonds. The van der Waals surface area contributed by atoms with E-state index < -0.39 is 41.6 Å². The van der Waals surface area contributed by atoms with Crippen molar-refractivity contribution < 1.29 is 28.7 Å². The van der Waals surface area contributed by atoms with Crippen molar-refractivity contribution >= 4 is 23.9 Å². The zero-order valence-corrected chi connectivity index (χ0v) is 11.5. The van der Waals surface area contributed by atoms with Crippen molar-refractivity contribution in [3.63, 3.8) is 0 Å². The minimum absolute atomic E-state index is 0.0121. The molecular formula is C16H12O6. The second-order valence-electron chi connectivity index (χ2n) is 5.90. The fourth-order valence-electron chi connectivity index (χ4n) is 3.83. The zero-order valence-electron chi connectivity index (χ0n) is 11.5. The summed E-state index contributed by atoms with van der Waals surface area (Å²) in [7, 11) is 0. The molecule has 1 aromatic carbocycles. The van der Waals surface area contributed by atoms with Crippen LogP contribution in [0.4, 0.5) is 0 Å². The minimum atomic E-state index is -0.604. The number of ether oxygens (including phenoxy) is 2. The van der Waals surface area contributed by atoms with E-state index in [0.29, 0.717) is 12.0 Å². The van der Waals surface area contributed by atoms with Gasteiger partial charge in [0, 0.05) is 0 Å². The van der Waals surface area contributed by atoms with Gasteiger partial charge >= 0.3 is 23.9 Å². The van der Waals surface area contributed by atoms with Gasteiger partial charge in [-0.2, -0.15) is 0 Å². The van der Waals surface area contributed by atoms with Crippen molar-refractivity contribution in [1.29, 1.82) is 0 Å². The molecule has 4 atom stereocenters. The molecule has 22 heavy (non-hydrogen) atoms. The lowest BCUT2D eigenvalue weighted by Crippen LogP contribution is -2.31. The van der Waals surface area contributed by atoms with Crippen LogP contribution in [0.3, 0.4) is 0 Å². The number of benzene rings is 1. The molecule has 0 bridgehead atoms. The first-order valence-corrected chi connectivity index (χ1v) is 7.15. The number of carbonyl (C=O) groups excluding carboxylic acids is 4. The highest BCUT2D eigenvalue weighted by Gasteiger charge is 2.53. The summed E-state index contributed by atoms with van der Waals surface area (Å²) in [6, 6.07) is 7.21. The van der Waals surface area contributed by atoms with Gasteiger partial charge in [-0.05, 0) is 23.5 Å². The molecule has 6 nitrogen and oxygen atoms in total. The molecule has 0 spiro atoms. The Kier molecular flexibility index (Phi) is 2.69. The van der Waals surface area contributed by atoms with Crippen molar-refractivity contribution in [3.05, 3.63) is 35.4 Å². The highest BCUT2D eigenvalue weighted by Crippen LogP contribution is 2.50. The Morgan fingerprint density at radius 2 is 1.45 bits per heavy atom. The second kappa shape index (κ2) is 4.50. The Morgan fingerprint density at radius 3 is 2.14 bits per heavy atom. The first-order chi connectivity index (χ1) is 10.6. The quantitative estimate of drug-likeness (QED) is 0.569. The smallest absolute Gasteiger partial charge is 0.321 e. The Bertz CT molecular complexity index is 721. The largest absolute Gasteiger partial charge is 0.393 e. The van der Waals surface area contributed by atoms with E-state index in [0.717, 1.165) is 5.56 Å². The number of fused-ring (bicyclic) bond motifs is 3. The van der Waals surface area contributed by atoms with Gasteiger partial charge in [0.1, 0.15) is 0 Å². The molecular weight excluding hydrogens is 288 g/mol. The van der Waals surface area contributed by atoms with Crippen LogP contribution in [0.25, 0.3) is 0 Å². The van der Waals surface area contributed by atoms with E-state index in [9.17, 15) is 19.2 Å². The van der Waals surface area contributed by atoms with Crippen LogP contribution in [-0.2, 0) is 28.7 Å². The minimum Gasteiger partial charge on any atom is -0.393 e. The number of cyclic esters (lactones) is 4. The molecule has 1 aromatic rings. The summed E-state index contributed by atoms with van der Waals surface area (Å²) in [5.41, 5.74) is 1.54. The van der Waals surface area contributed by atoms with E-state index in [2.05, 4.69) is 4.74 Å². The average Bonchev–Trinajstić information content (AvgIpc) is 2.97. The third-order valence-corrected chi connectivity index (χ3v) is 4.79. The summed E-state index contributed by atoms with van der Waals surface area (Å²) in [5, 5.41) is 0. The summed E-state index contributed by atoms with van der Waals surface area (Å²) >= 11 is 0. The van der Waals surface area contributed by atoms with Gasteiger partial charge in [0.05, 0.1) is 24.2 Å². The Labute approximate surface area is 125 Å². The molecule has 2 saturated heterocycles. The first kappa shape index (κ1) is 13.2. The number of esters is 4. The molecule has 2 aliphatic heterocycles.